The first-order chi connectivity index (χ1) is 67.8. The molecule has 0 aliphatic heterocycles. The molecule has 0 saturated carbocycles. The Bertz CT molecular complexity index is 9300. The minimum atomic E-state index is -5.60. The first-order valence-electron chi connectivity index (χ1n) is 41.9. The van der Waals surface area contributed by atoms with E-state index in [0.717, 1.165) is 24.3 Å². The number of fused-ring (bicyclic) bond motifs is 28. The molecule has 22 aromatic rings. The monoisotopic (exact) mass is 2000 g/mol. The van der Waals surface area contributed by atoms with Gasteiger partial charge in [0, 0.05) is 0 Å². The van der Waals surface area contributed by atoms with Crippen LogP contribution in [0, 0.1) is 93.0 Å². The first kappa shape index (κ1) is 95.9. The second kappa shape index (κ2) is 34.5. The van der Waals surface area contributed by atoms with Gasteiger partial charge in [0.25, 0.3) is 47.3 Å². The van der Waals surface area contributed by atoms with Crippen LogP contribution in [0.2, 0.25) is 0 Å². The maximum absolute atomic E-state index is 13.8. The van der Waals surface area contributed by atoms with E-state index in [-0.39, 0.29) is 123 Å². The van der Waals surface area contributed by atoms with E-state index in [4.69, 9.17) is 43.9 Å². The largest absolute Gasteiger partial charge is 0.477 e. The van der Waals surface area contributed by atoms with Gasteiger partial charge in [0.1, 0.15) is 155 Å². The van der Waals surface area contributed by atoms with Crippen LogP contribution < -0.4 is 18.9 Å². The summed E-state index contributed by atoms with van der Waals surface area (Å²) in [6, 6.07) is 26.9. The van der Waals surface area contributed by atoms with Gasteiger partial charge < -0.3 is 18.9 Å². The van der Waals surface area contributed by atoms with Crippen LogP contribution in [0.5, 0.6) is 35.0 Å². The summed E-state index contributed by atoms with van der Waals surface area (Å²) in [4.78, 5) is 100. The molecule has 0 fully saturated rings. The Hall–Kier alpha value is -17.0. The zero-order valence-electron chi connectivity index (χ0n) is 75.1. The van der Waals surface area contributed by atoms with Gasteiger partial charge in [0.2, 0.25) is 0 Å². The summed E-state index contributed by atoms with van der Waals surface area (Å²) < 4.78 is 324. The zero-order valence-corrected chi connectivity index (χ0v) is 75.1. The van der Waals surface area contributed by atoms with E-state index in [1.165, 1.54) is 80.0 Å². The third kappa shape index (κ3) is 17.1. The maximum Gasteiger partial charge on any atom is 0.435 e. The van der Waals surface area contributed by atoms with E-state index >= 15 is 0 Å². The van der Waals surface area contributed by atoms with Crippen molar-refractivity contribution in [1.82, 2.24) is 120 Å². The molecule has 144 heavy (non-hydrogen) atoms. The third-order valence-corrected chi connectivity index (χ3v) is 22.7. The Morgan fingerprint density at radius 2 is 0.410 bits per heavy atom. The number of nitrogens with zero attached hydrogens (tertiary/aromatic N) is 24. The molecule has 728 valence electrons. The van der Waals surface area contributed by atoms with Crippen molar-refractivity contribution in [2.75, 3.05) is 14.2 Å². The second-order valence-corrected chi connectivity index (χ2v) is 32.5. The summed E-state index contributed by atoms with van der Waals surface area (Å²) in [7, 11) is 2.84. The molecule has 0 amide bonds. The lowest BCUT2D eigenvalue weighted by Gasteiger charge is -2.17. The number of para-hydroxylation sites is 2. The van der Waals surface area contributed by atoms with E-state index in [1.54, 1.807) is 24.3 Å². The van der Waals surface area contributed by atoms with Crippen LogP contribution in [0.1, 0.15) is 90.1 Å². The topological polar surface area (TPSA) is 346 Å². The molecule has 0 bridgehead atoms. The number of alkyl halides is 18. The molecule has 0 saturated heterocycles. The molecule has 50 heteroatoms. The molecule has 0 spiro atoms. The van der Waals surface area contributed by atoms with Crippen LogP contribution in [0.25, 0.3) is 177 Å². The number of hydrogen-bond donors (Lipinski definition) is 0. The smallest absolute Gasteiger partial charge is 0.435 e. The van der Waals surface area contributed by atoms with Gasteiger partial charge in [-0.15, -0.1) is 0 Å². The summed E-state index contributed by atoms with van der Waals surface area (Å²) in [5, 5.41) is 0. The highest BCUT2D eigenvalue weighted by molar-refractivity contribution is 6.23. The lowest BCUT2D eigenvalue weighted by Crippen LogP contribution is -2.21. The Labute approximate surface area is 787 Å². The standard InChI is InChI=1S/C32H21F3N6O2.C22H11F9N6.C22H17F3N6O2.C18H5F7N6/c1-16-14-22-23(15-21(16)32(33,34)35)39-27-26(38-22)24-25(37-18(3)17(2)36-24)28-29(27)41-31(43-20-12-8-5-9-13-20)30(40-28)42-19-10-6-4-7-11-19;1-6-4-9(20(23,24)25)11-10(5-6)34-14-12-13(33-8(3)7(2)32-12)16-17(15(14)35-11)37-19(22(29,30)31)18(36-16)21(26,27)28;1-8-6-12-13(7-11(8)22(23,24)25)29-17-16(28-12)14-15(27-10(3)9(2)26-14)18-19(17)31-21(33-5)20(30-18)32-4;1-4-2-5(18(23,24)25)7-6(3-4)26-8-9(27-7)11-13(31-17(22)15(20)29-11)12-10(8)28-14(19)16(21)30-12/h4-15H,1-3H3;4-5H,1-3H3;6-7H,1-5H3;2-3H,1H3. The summed E-state index contributed by atoms with van der Waals surface area (Å²) in [5.74, 6) is -5.34. The lowest BCUT2D eigenvalue weighted by molar-refractivity contribution is -0.167. The van der Waals surface area contributed by atoms with E-state index in [1.807, 2.05) is 64.1 Å². The molecule has 0 radical (unpaired) electrons. The fourth-order valence-corrected chi connectivity index (χ4v) is 15.9. The number of hydrogen-bond acceptors (Lipinski definition) is 28. The van der Waals surface area contributed by atoms with Crippen molar-refractivity contribution in [3.05, 3.63) is 223 Å². The average Bonchev–Trinajstić information content (AvgIpc) is 0.704. The molecule has 0 atom stereocenters. The fourth-order valence-electron chi connectivity index (χ4n) is 15.9. The highest BCUT2D eigenvalue weighted by Crippen LogP contribution is 2.48. The molecule has 0 unspecified atom stereocenters. The van der Waals surface area contributed by atoms with E-state index in [9.17, 15) is 96.6 Å². The number of aromatic nitrogens is 24. The molecule has 12 heterocycles. The fraction of sp³-hybridized carbons (Fsp3) is 0.191. The Kier molecular flexibility index (Phi) is 22.9. The van der Waals surface area contributed by atoms with Gasteiger partial charge in [-0.2, -0.15) is 96.6 Å². The van der Waals surface area contributed by atoms with Crippen molar-refractivity contribution in [3.8, 4) is 35.0 Å². The highest BCUT2D eigenvalue weighted by Gasteiger charge is 2.48. The van der Waals surface area contributed by atoms with Gasteiger partial charge in [-0.25, -0.2) is 120 Å². The van der Waals surface area contributed by atoms with Gasteiger partial charge in [0.05, 0.1) is 104 Å². The Balaban J connectivity index is 0.000000122. The number of benzene rings is 10. The Morgan fingerprint density at radius 1 is 0.194 bits per heavy atom. The molecule has 0 N–H and O–H groups in total. The molecular weight excluding hydrogens is 1950 g/mol. The summed E-state index contributed by atoms with van der Waals surface area (Å²) in [5.41, 5.74) is -7.97. The quantitative estimate of drug-likeness (QED) is 0.0847. The predicted molar refractivity (Wildman–Crippen MR) is 476 cm³/mol. The average molecular weight is 2000 g/mol. The molecule has 10 aromatic carbocycles. The molecule has 0 aliphatic carbocycles. The maximum atomic E-state index is 13.8. The Morgan fingerprint density at radius 3 is 0.660 bits per heavy atom. The molecule has 22 rings (SSSR count). The van der Waals surface area contributed by atoms with Crippen molar-refractivity contribution in [1.29, 1.82) is 0 Å². The van der Waals surface area contributed by atoms with Gasteiger partial charge >= 0.3 is 37.1 Å². The van der Waals surface area contributed by atoms with Crippen molar-refractivity contribution < 1.29 is 116 Å². The number of aryl methyl sites for hydroxylation is 10. The van der Waals surface area contributed by atoms with E-state index in [2.05, 4.69) is 94.7 Å². The lowest BCUT2D eigenvalue weighted by atomic mass is 10.1. The summed E-state index contributed by atoms with van der Waals surface area (Å²) >= 11 is 0. The number of halogens is 22. The van der Waals surface area contributed by atoms with Crippen LogP contribution >= 0.6 is 0 Å². The van der Waals surface area contributed by atoms with Gasteiger partial charge in [-0.3, -0.25) is 0 Å². The SMILES string of the molecule is COc1nc2c3nc(C)c(C)nc3c3nc4cc(C)c(C(F)(F)F)cc4nc3c2nc1OC.Cc1cc(C(F)(F)F)c2nc3c4nc(C(F)(F)F)c(C(F)(F)F)nc4c4nc(C)c(C)nc4c3nc2c1.Cc1cc(C(F)(F)F)c2nc3c4nc(F)c(F)nc4c4nc(F)c(F)nc4c3nc2c1.Cc1cc2nc3c4nc(C)c(C)nc4c4nc(Oc5ccccc5)c(Oc5ccccc5)nc4c3nc2cc1C(F)(F)F. The highest BCUT2D eigenvalue weighted by atomic mass is 19.4. The van der Waals surface area contributed by atoms with Gasteiger partial charge in [-0.1, -0.05) is 36.4 Å². The number of ether oxygens (including phenoxy) is 4. The minimum Gasteiger partial charge on any atom is -0.477 e. The third-order valence-electron chi connectivity index (χ3n) is 22.7. The normalized spacial score (nSPS) is 12.5. The van der Waals surface area contributed by atoms with Crippen molar-refractivity contribution in [2.24, 2.45) is 0 Å². The first-order valence-corrected chi connectivity index (χ1v) is 41.9. The minimum absolute atomic E-state index is 0.0294. The van der Waals surface area contributed by atoms with Crippen LogP contribution in [-0.2, 0) is 37.1 Å². The van der Waals surface area contributed by atoms with Crippen molar-refractivity contribution >= 4 is 177 Å². The number of methoxy groups -OCH3 is 2. The van der Waals surface area contributed by atoms with Crippen LogP contribution in [0.4, 0.5) is 96.6 Å². The predicted octanol–water partition coefficient (Wildman–Crippen LogP) is 24.0. The van der Waals surface area contributed by atoms with Crippen LogP contribution in [-0.4, -0.2) is 134 Å². The molecule has 28 nitrogen and oxygen atoms in total. The van der Waals surface area contributed by atoms with Crippen LogP contribution in [0.15, 0.2) is 109 Å². The second-order valence-electron chi connectivity index (χ2n) is 32.5. The zero-order chi connectivity index (χ0) is 103. The summed E-state index contributed by atoms with van der Waals surface area (Å²) in [6.07, 6.45) is -30.0. The van der Waals surface area contributed by atoms with Gasteiger partial charge in [-0.05, 0) is 164 Å². The molecular formula is C94H54F22N24O4. The van der Waals surface area contributed by atoms with E-state index < -0.39 is 150 Å². The van der Waals surface area contributed by atoms with Gasteiger partial charge in [0.15, 0.2) is 11.4 Å². The van der Waals surface area contributed by atoms with Crippen molar-refractivity contribution in [2.45, 2.75) is 106 Å². The van der Waals surface area contributed by atoms with E-state index in [0.29, 0.717) is 89.6 Å². The van der Waals surface area contributed by atoms with Crippen molar-refractivity contribution in [3.63, 3.8) is 0 Å². The molecule has 0 aliphatic rings. The number of rotatable bonds is 6. The molecule has 12 aromatic heterocycles. The van der Waals surface area contributed by atoms with Crippen LogP contribution in [0.3, 0.4) is 0 Å². The summed E-state index contributed by atoms with van der Waals surface area (Å²) in [6.45, 7) is 15.8.